The maximum atomic E-state index is 9.61. The number of likely N-dealkylation sites (tertiary alicyclic amines) is 1. The van der Waals surface area contributed by atoms with Crippen LogP contribution in [0.3, 0.4) is 0 Å². The van der Waals surface area contributed by atoms with Crippen molar-refractivity contribution in [2.45, 2.75) is 24.9 Å². The van der Waals surface area contributed by atoms with E-state index in [9.17, 15) is 5.11 Å². The molecule has 1 atom stereocenters. The van der Waals surface area contributed by atoms with Gasteiger partial charge in [-0.2, -0.15) is 0 Å². The van der Waals surface area contributed by atoms with Gasteiger partial charge in [0.25, 0.3) is 0 Å². The Balaban J connectivity index is 1.99. The van der Waals surface area contributed by atoms with Crippen LogP contribution in [-0.2, 0) is 0 Å². The first-order chi connectivity index (χ1) is 9.22. The quantitative estimate of drug-likeness (QED) is 0.844. The number of nitrogens with zero attached hydrogens (tertiary/aromatic N) is 1. The molecule has 0 radical (unpaired) electrons. The summed E-state index contributed by atoms with van der Waals surface area (Å²) in [6.45, 7) is 2.35. The highest BCUT2D eigenvalue weighted by atomic mass is 16.5. The molecule has 106 valence electrons. The fourth-order valence-electron chi connectivity index (χ4n) is 2.57. The van der Waals surface area contributed by atoms with E-state index in [2.05, 4.69) is 17.3 Å². The summed E-state index contributed by atoms with van der Waals surface area (Å²) in [6, 6.07) is 8.39. The molecule has 1 unspecified atom stereocenters. The standard InChI is InChI=1S/C15H24N2O2/c1-17-8-6-13(7-9-17)16-15(11-18)12-4-3-5-14(10-12)19-2/h3-5,10,13,15-16,18H,6-9,11H2,1-2H3. The van der Waals surface area contributed by atoms with Crippen molar-refractivity contribution < 1.29 is 9.84 Å². The van der Waals surface area contributed by atoms with Gasteiger partial charge >= 0.3 is 0 Å². The monoisotopic (exact) mass is 264 g/mol. The minimum Gasteiger partial charge on any atom is -0.497 e. The van der Waals surface area contributed by atoms with Crippen LogP contribution in [0.1, 0.15) is 24.4 Å². The van der Waals surface area contributed by atoms with Gasteiger partial charge in [0.15, 0.2) is 0 Å². The highest BCUT2D eigenvalue weighted by Gasteiger charge is 2.20. The highest BCUT2D eigenvalue weighted by Crippen LogP contribution is 2.21. The van der Waals surface area contributed by atoms with Gasteiger partial charge < -0.3 is 20.1 Å². The van der Waals surface area contributed by atoms with Crippen molar-refractivity contribution in [2.75, 3.05) is 33.9 Å². The van der Waals surface area contributed by atoms with Gasteiger partial charge in [0.1, 0.15) is 5.75 Å². The molecule has 0 bridgehead atoms. The summed E-state index contributed by atoms with van der Waals surface area (Å²) in [5.41, 5.74) is 1.08. The van der Waals surface area contributed by atoms with Gasteiger partial charge in [0.05, 0.1) is 19.8 Å². The molecule has 0 aliphatic carbocycles. The van der Waals surface area contributed by atoms with Crippen LogP contribution < -0.4 is 10.1 Å². The number of piperidine rings is 1. The van der Waals surface area contributed by atoms with E-state index in [1.807, 2.05) is 24.3 Å². The Hall–Kier alpha value is -1.10. The van der Waals surface area contributed by atoms with Gasteiger partial charge in [-0.05, 0) is 50.7 Å². The van der Waals surface area contributed by atoms with Crippen LogP contribution in [-0.4, -0.2) is 49.9 Å². The molecule has 1 saturated heterocycles. The van der Waals surface area contributed by atoms with Gasteiger partial charge in [-0.25, -0.2) is 0 Å². The molecule has 4 nitrogen and oxygen atoms in total. The SMILES string of the molecule is COc1cccc(C(CO)NC2CCN(C)CC2)c1. The molecule has 0 saturated carbocycles. The van der Waals surface area contributed by atoms with E-state index in [4.69, 9.17) is 4.74 Å². The Morgan fingerprint density at radius 1 is 1.42 bits per heavy atom. The molecule has 1 heterocycles. The van der Waals surface area contributed by atoms with Crippen molar-refractivity contribution in [1.82, 2.24) is 10.2 Å². The number of methoxy groups -OCH3 is 1. The van der Waals surface area contributed by atoms with Gasteiger partial charge in [0.2, 0.25) is 0 Å². The fourth-order valence-corrected chi connectivity index (χ4v) is 2.57. The summed E-state index contributed by atoms with van der Waals surface area (Å²) >= 11 is 0. The molecule has 19 heavy (non-hydrogen) atoms. The maximum absolute atomic E-state index is 9.61. The summed E-state index contributed by atoms with van der Waals surface area (Å²) in [4.78, 5) is 2.34. The molecule has 1 fully saturated rings. The lowest BCUT2D eigenvalue weighted by Crippen LogP contribution is -2.43. The van der Waals surface area contributed by atoms with E-state index in [1.54, 1.807) is 7.11 Å². The van der Waals surface area contributed by atoms with Crippen molar-refractivity contribution >= 4 is 0 Å². The Morgan fingerprint density at radius 3 is 2.79 bits per heavy atom. The van der Waals surface area contributed by atoms with Gasteiger partial charge in [0, 0.05) is 6.04 Å². The minimum absolute atomic E-state index is 0.0106. The number of ether oxygens (including phenoxy) is 1. The summed E-state index contributed by atoms with van der Waals surface area (Å²) in [5, 5.41) is 13.2. The third-order valence-electron chi connectivity index (χ3n) is 3.83. The summed E-state index contributed by atoms with van der Waals surface area (Å²) < 4.78 is 5.24. The summed E-state index contributed by atoms with van der Waals surface area (Å²) in [5.74, 6) is 0.834. The first-order valence-corrected chi connectivity index (χ1v) is 6.92. The van der Waals surface area contributed by atoms with Crippen LogP contribution >= 0.6 is 0 Å². The third-order valence-corrected chi connectivity index (χ3v) is 3.83. The molecule has 1 aliphatic heterocycles. The fraction of sp³-hybridized carbons (Fsp3) is 0.600. The van der Waals surface area contributed by atoms with Gasteiger partial charge in [-0.1, -0.05) is 12.1 Å². The predicted molar refractivity (Wildman–Crippen MR) is 76.5 cm³/mol. The Labute approximate surface area is 115 Å². The molecular formula is C15H24N2O2. The zero-order chi connectivity index (χ0) is 13.7. The average molecular weight is 264 g/mol. The van der Waals surface area contributed by atoms with Crippen LogP contribution in [0, 0.1) is 0 Å². The van der Waals surface area contributed by atoms with E-state index in [0.29, 0.717) is 6.04 Å². The first-order valence-electron chi connectivity index (χ1n) is 6.92. The molecule has 4 heteroatoms. The largest absolute Gasteiger partial charge is 0.497 e. The Kier molecular flexibility index (Phi) is 5.19. The normalized spacial score (nSPS) is 19.3. The average Bonchev–Trinajstić information content (AvgIpc) is 2.46. The van der Waals surface area contributed by atoms with Crippen molar-refractivity contribution in [3.63, 3.8) is 0 Å². The Morgan fingerprint density at radius 2 is 2.16 bits per heavy atom. The second-order valence-corrected chi connectivity index (χ2v) is 5.26. The smallest absolute Gasteiger partial charge is 0.119 e. The zero-order valence-electron chi connectivity index (χ0n) is 11.8. The van der Waals surface area contributed by atoms with E-state index in [1.165, 1.54) is 0 Å². The van der Waals surface area contributed by atoms with Crippen molar-refractivity contribution in [3.8, 4) is 5.75 Å². The second-order valence-electron chi connectivity index (χ2n) is 5.26. The molecule has 1 aliphatic rings. The number of aliphatic hydroxyl groups excluding tert-OH is 1. The third kappa shape index (κ3) is 3.93. The number of rotatable bonds is 5. The van der Waals surface area contributed by atoms with E-state index in [0.717, 1.165) is 37.2 Å². The second kappa shape index (κ2) is 6.89. The number of aliphatic hydroxyl groups is 1. The molecule has 0 amide bonds. The van der Waals surface area contributed by atoms with Crippen LogP contribution in [0.4, 0.5) is 0 Å². The van der Waals surface area contributed by atoms with E-state index < -0.39 is 0 Å². The van der Waals surface area contributed by atoms with Crippen molar-refractivity contribution in [3.05, 3.63) is 29.8 Å². The van der Waals surface area contributed by atoms with Crippen LogP contribution in [0.5, 0.6) is 5.75 Å². The number of hydrogen-bond donors (Lipinski definition) is 2. The number of benzene rings is 1. The Bertz CT molecular complexity index is 389. The predicted octanol–water partition coefficient (Wildman–Crippen LogP) is 1.41. The van der Waals surface area contributed by atoms with Crippen molar-refractivity contribution in [2.24, 2.45) is 0 Å². The van der Waals surface area contributed by atoms with Gasteiger partial charge in [-0.15, -0.1) is 0 Å². The summed E-state index contributed by atoms with van der Waals surface area (Å²) in [7, 11) is 3.82. The van der Waals surface area contributed by atoms with Crippen LogP contribution in [0.2, 0.25) is 0 Å². The number of hydrogen-bond acceptors (Lipinski definition) is 4. The minimum atomic E-state index is -0.0106. The maximum Gasteiger partial charge on any atom is 0.119 e. The molecule has 2 N–H and O–H groups in total. The lowest BCUT2D eigenvalue weighted by Gasteiger charge is -2.32. The zero-order valence-corrected chi connectivity index (χ0v) is 11.8. The number of nitrogens with one attached hydrogen (secondary N) is 1. The molecule has 0 aromatic heterocycles. The molecule has 1 aromatic carbocycles. The van der Waals surface area contributed by atoms with E-state index in [-0.39, 0.29) is 12.6 Å². The van der Waals surface area contributed by atoms with Crippen molar-refractivity contribution in [1.29, 1.82) is 0 Å². The van der Waals surface area contributed by atoms with Crippen LogP contribution in [0.25, 0.3) is 0 Å². The molecular weight excluding hydrogens is 240 g/mol. The van der Waals surface area contributed by atoms with E-state index >= 15 is 0 Å². The molecule has 0 spiro atoms. The van der Waals surface area contributed by atoms with Crippen LogP contribution in [0.15, 0.2) is 24.3 Å². The molecule has 2 rings (SSSR count). The van der Waals surface area contributed by atoms with Gasteiger partial charge in [-0.3, -0.25) is 0 Å². The highest BCUT2D eigenvalue weighted by molar-refractivity contribution is 5.30. The summed E-state index contributed by atoms with van der Waals surface area (Å²) in [6.07, 6.45) is 2.27. The lowest BCUT2D eigenvalue weighted by molar-refractivity contribution is 0.190. The topological polar surface area (TPSA) is 44.7 Å². The molecule has 1 aromatic rings. The lowest BCUT2D eigenvalue weighted by atomic mass is 10.0. The first kappa shape index (κ1) is 14.3.